The Morgan fingerprint density at radius 2 is 2.11 bits per heavy atom. The molecule has 1 aromatic rings. The maximum atomic E-state index is 10.3. The van der Waals surface area contributed by atoms with Crippen LogP contribution >= 0.6 is 0 Å². The van der Waals surface area contributed by atoms with Crippen molar-refractivity contribution in [3.63, 3.8) is 0 Å². The molecule has 1 aliphatic rings. The van der Waals surface area contributed by atoms with Gasteiger partial charge in [-0.15, -0.1) is 0 Å². The van der Waals surface area contributed by atoms with Crippen LogP contribution in [0.5, 0.6) is 0 Å². The van der Waals surface area contributed by atoms with Crippen molar-refractivity contribution in [3.05, 3.63) is 24.0 Å². The Balaban J connectivity index is 1.89. The van der Waals surface area contributed by atoms with Crippen LogP contribution in [0.3, 0.4) is 0 Å². The second-order valence-corrected chi connectivity index (χ2v) is 5.54. The van der Waals surface area contributed by atoms with Crippen molar-refractivity contribution in [2.24, 2.45) is 11.8 Å². The molecule has 0 spiro atoms. The van der Waals surface area contributed by atoms with Gasteiger partial charge in [-0.2, -0.15) is 0 Å². The average Bonchev–Trinajstić information content (AvgIpc) is 2.41. The number of aliphatic hydroxyl groups is 1. The Morgan fingerprint density at radius 1 is 1.39 bits per heavy atom. The van der Waals surface area contributed by atoms with E-state index in [0.717, 1.165) is 30.0 Å². The van der Waals surface area contributed by atoms with Crippen LogP contribution in [0.2, 0.25) is 0 Å². The molecule has 0 amide bonds. The Hall–Kier alpha value is -1.09. The van der Waals surface area contributed by atoms with E-state index >= 15 is 0 Å². The number of nitrogen functional groups attached to an aromatic ring is 1. The van der Waals surface area contributed by atoms with Crippen molar-refractivity contribution in [3.8, 4) is 0 Å². The lowest BCUT2D eigenvalue weighted by Gasteiger charge is -2.31. The number of anilines is 1. The molecular formula is C15H24N2O. The molecule has 0 bridgehead atoms. The van der Waals surface area contributed by atoms with Gasteiger partial charge in [0, 0.05) is 24.5 Å². The third-order valence-electron chi connectivity index (χ3n) is 4.38. The van der Waals surface area contributed by atoms with E-state index in [9.17, 15) is 5.11 Å². The van der Waals surface area contributed by atoms with E-state index in [1.807, 2.05) is 0 Å². The number of pyridine rings is 1. The summed E-state index contributed by atoms with van der Waals surface area (Å²) in [5, 5.41) is 10.3. The molecule has 1 saturated carbocycles. The number of hydrogen-bond donors (Lipinski definition) is 2. The molecule has 2 rings (SSSR count). The fourth-order valence-corrected chi connectivity index (χ4v) is 2.98. The van der Waals surface area contributed by atoms with E-state index in [4.69, 9.17) is 5.73 Å². The maximum Gasteiger partial charge on any atom is 0.0610 e. The predicted octanol–water partition coefficient (Wildman–Crippen LogP) is 2.78. The Bertz CT molecular complexity index is 373. The fourth-order valence-electron chi connectivity index (χ4n) is 2.98. The van der Waals surface area contributed by atoms with Crippen LogP contribution in [-0.4, -0.2) is 16.2 Å². The molecule has 1 aromatic heterocycles. The Labute approximate surface area is 109 Å². The molecule has 1 atom stereocenters. The van der Waals surface area contributed by atoms with Gasteiger partial charge in [0.15, 0.2) is 0 Å². The first-order valence-electron chi connectivity index (χ1n) is 7.07. The maximum absolute atomic E-state index is 10.3. The summed E-state index contributed by atoms with van der Waals surface area (Å²) in [5.74, 6) is 1.31. The zero-order valence-electron chi connectivity index (χ0n) is 11.2. The molecule has 100 valence electrons. The predicted molar refractivity (Wildman–Crippen MR) is 74.1 cm³/mol. The van der Waals surface area contributed by atoms with Crippen LogP contribution in [0.1, 0.15) is 44.6 Å². The smallest absolute Gasteiger partial charge is 0.0610 e. The van der Waals surface area contributed by atoms with Crippen molar-refractivity contribution in [2.45, 2.75) is 51.6 Å². The minimum Gasteiger partial charge on any atom is -0.398 e. The molecule has 0 radical (unpaired) electrons. The zero-order chi connectivity index (χ0) is 13.0. The van der Waals surface area contributed by atoms with Gasteiger partial charge in [-0.3, -0.25) is 4.98 Å². The standard InChI is InChI=1S/C15H24N2O/c1-2-11-3-5-12(6-4-11)15(18)9-13-10-17-8-7-14(13)16/h7-8,10-12,15,18H,2-6,9H2,1H3,(H2,16,17). The van der Waals surface area contributed by atoms with Gasteiger partial charge in [0.05, 0.1) is 6.10 Å². The lowest BCUT2D eigenvalue weighted by atomic mass is 9.77. The molecule has 3 heteroatoms. The number of nitrogens with zero attached hydrogens (tertiary/aromatic N) is 1. The monoisotopic (exact) mass is 248 g/mol. The van der Waals surface area contributed by atoms with E-state index in [2.05, 4.69) is 11.9 Å². The number of rotatable bonds is 4. The molecule has 0 aliphatic heterocycles. The Morgan fingerprint density at radius 3 is 2.72 bits per heavy atom. The van der Waals surface area contributed by atoms with Gasteiger partial charge in [0.1, 0.15) is 0 Å². The first-order chi connectivity index (χ1) is 8.70. The molecule has 1 aliphatic carbocycles. The minimum absolute atomic E-state index is 0.269. The highest BCUT2D eigenvalue weighted by Crippen LogP contribution is 2.33. The first kappa shape index (κ1) is 13.3. The van der Waals surface area contributed by atoms with E-state index in [1.165, 1.54) is 19.3 Å². The Kier molecular flexibility index (Phi) is 4.59. The molecule has 0 aromatic carbocycles. The van der Waals surface area contributed by atoms with Gasteiger partial charge in [-0.1, -0.05) is 26.2 Å². The van der Waals surface area contributed by atoms with E-state index in [1.54, 1.807) is 18.5 Å². The van der Waals surface area contributed by atoms with Crippen LogP contribution in [0, 0.1) is 11.8 Å². The second kappa shape index (κ2) is 6.19. The highest BCUT2D eigenvalue weighted by Gasteiger charge is 2.26. The normalized spacial score (nSPS) is 25.9. The van der Waals surface area contributed by atoms with Gasteiger partial charge in [0.2, 0.25) is 0 Å². The van der Waals surface area contributed by atoms with Crippen LogP contribution in [0.4, 0.5) is 5.69 Å². The lowest BCUT2D eigenvalue weighted by Crippen LogP contribution is -2.27. The van der Waals surface area contributed by atoms with Crippen molar-refractivity contribution in [1.29, 1.82) is 0 Å². The topological polar surface area (TPSA) is 59.1 Å². The molecule has 3 N–H and O–H groups in total. The summed E-state index contributed by atoms with van der Waals surface area (Å²) in [7, 11) is 0. The van der Waals surface area contributed by atoms with E-state index < -0.39 is 0 Å². The molecule has 1 heterocycles. The third-order valence-corrected chi connectivity index (χ3v) is 4.38. The van der Waals surface area contributed by atoms with Crippen LogP contribution in [-0.2, 0) is 6.42 Å². The number of hydrogen-bond acceptors (Lipinski definition) is 3. The van der Waals surface area contributed by atoms with Crippen LogP contribution < -0.4 is 5.73 Å². The van der Waals surface area contributed by atoms with Crippen LogP contribution in [0.25, 0.3) is 0 Å². The molecule has 1 fully saturated rings. The van der Waals surface area contributed by atoms with Gasteiger partial charge in [-0.05, 0) is 36.3 Å². The average molecular weight is 248 g/mol. The van der Waals surface area contributed by atoms with Crippen molar-refractivity contribution in [1.82, 2.24) is 4.98 Å². The summed E-state index contributed by atoms with van der Waals surface area (Å²) < 4.78 is 0. The summed E-state index contributed by atoms with van der Waals surface area (Å²) in [5.41, 5.74) is 7.61. The SMILES string of the molecule is CCC1CCC(C(O)Cc2cnccc2N)CC1. The summed E-state index contributed by atoms with van der Waals surface area (Å²) in [6, 6.07) is 1.80. The van der Waals surface area contributed by atoms with E-state index in [0.29, 0.717) is 12.3 Å². The largest absolute Gasteiger partial charge is 0.398 e. The van der Waals surface area contributed by atoms with Crippen molar-refractivity contribution in [2.75, 3.05) is 5.73 Å². The molecule has 18 heavy (non-hydrogen) atoms. The van der Waals surface area contributed by atoms with E-state index in [-0.39, 0.29) is 6.10 Å². The highest BCUT2D eigenvalue weighted by atomic mass is 16.3. The molecule has 1 unspecified atom stereocenters. The van der Waals surface area contributed by atoms with Crippen molar-refractivity contribution >= 4 is 5.69 Å². The fraction of sp³-hybridized carbons (Fsp3) is 0.667. The summed E-state index contributed by atoms with van der Waals surface area (Å²) >= 11 is 0. The highest BCUT2D eigenvalue weighted by molar-refractivity contribution is 5.44. The molecule has 0 saturated heterocycles. The minimum atomic E-state index is -0.269. The molecular weight excluding hydrogens is 224 g/mol. The number of aliphatic hydroxyl groups excluding tert-OH is 1. The third kappa shape index (κ3) is 3.22. The van der Waals surface area contributed by atoms with Gasteiger partial charge < -0.3 is 10.8 Å². The summed E-state index contributed by atoms with van der Waals surface area (Å²) in [6.07, 6.45) is 9.95. The van der Waals surface area contributed by atoms with Crippen molar-refractivity contribution < 1.29 is 5.11 Å². The summed E-state index contributed by atoms with van der Waals surface area (Å²) in [4.78, 5) is 4.08. The lowest BCUT2D eigenvalue weighted by molar-refractivity contribution is 0.0736. The van der Waals surface area contributed by atoms with Gasteiger partial charge in [0.25, 0.3) is 0 Å². The second-order valence-electron chi connectivity index (χ2n) is 5.54. The van der Waals surface area contributed by atoms with Gasteiger partial charge in [-0.25, -0.2) is 0 Å². The van der Waals surface area contributed by atoms with Gasteiger partial charge >= 0.3 is 0 Å². The zero-order valence-corrected chi connectivity index (χ0v) is 11.2. The first-order valence-corrected chi connectivity index (χ1v) is 7.07. The van der Waals surface area contributed by atoms with Crippen LogP contribution in [0.15, 0.2) is 18.5 Å². The summed E-state index contributed by atoms with van der Waals surface area (Å²) in [6.45, 7) is 2.26. The quantitative estimate of drug-likeness (QED) is 0.861. The molecule has 3 nitrogen and oxygen atoms in total. The number of aromatic nitrogens is 1. The number of nitrogens with two attached hydrogens (primary N) is 1.